The van der Waals surface area contributed by atoms with Crippen LogP contribution in [0.15, 0.2) is 11.8 Å². The summed E-state index contributed by atoms with van der Waals surface area (Å²) in [5.74, 6) is -0.490. The molecule has 4 nitrogen and oxygen atoms in total. The largest absolute Gasteiger partial charge is 0.499 e. The van der Waals surface area contributed by atoms with E-state index in [4.69, 9.17) is 74.3 Å². The van der Waals surface area contributed by atoms with Gasteiger partial charge in [0.1, 0.15) is 5.76 Å². The Morgan fingerprint density at radius 3 is 2.22 bits per heavy atom. The van der Waals surface area contributed by atoms with Crippen LogP contribution in [0, 0.1) is 0 Å². The molecule has 0 saturated carbocycles. The SMILES string of the molecule is COC1=CC(=O)N(C(=O)CCCC(Cl)(Cl)Cl)[C@H]1CCC(Cl)(Cl)Cl. The van der Waals surface area contributed by atoms with E-state index in [1.807, 2.05) is 0 Å². The second-order valence-corrected chi connectivity index (χ2v) is 10.0. The van der Waals surface area contributed by atoms with Crippen LogP contribution < -0.4 is 0 Å². The third kappa shape index (κ3) is 7.45. The Labute approximate surface area is 164 Å². The molecule has 0 saturated heterocycles. The summed E-state index contributed by atoms with van der Waals surface area (Å²) >= 11 is 34.1. The highest BCUT2D eigenvalue weighted by Crippen LogP contribution is 2.36. The highest BCUT2D eigenvalue weighted by molar-refractivity contribution is 6.67. The number of rotatable bonds is 6. The smallest absolute Gasteiger partial charge is 0.257 e. The van der Waals surface area contributed by atoms with Crippen molar-refractivity contribution >= 4 is 81.4 Å². The van der Waals surface area contributed by atoms with Gasteiger partial charge in [-0.25, -0.2) is 0 Å². The molecule has 2 amide bonds. The van der Waals surface area contributed by atoms with Gasteiger partial charge in [-0.3, -0.25) is 14.5 Å². The summed E-state index contributed by atoms with van der Waals surface area (Å²) in [6, 6.07) is -0.594. The molecule has 0 unspecified atom stereocenters. The summed E-state index contributed by atoms with van der Waals surface area (Å²) in [6.07, 6.45) is 2.30. The van der Waals surface area contributed by atoms with Crippen molar-refractivity contribution in [3.8, 4) is 0 Å². The maximum absolute atomic E-state index is 12.3. The first-order valence-electron chi connectivity index (χ1n) is 6.69. The fourth-order valence-electron chi connectivity index (χ4n) is 2.19. The van der Waals surface area contributed by atoms with Gasteiger partial charge in [0.05, 0.1) is 13.2 Å². The normalized spacial score (nSPS) is 19.1. The number of hydrogen-bond acceptors (Lipinski definition) is 3. The van der Waals surface area contributed by atoms with Crippen LogP contribution in [0.3, 0.4) is 0 Å². The maximum atomic E-state index is 12.3. The van der Waals surface area contributed by atoms with Crippen molar-refractivity contribution in [1.82, 2.24) is 4.90 Å². The number of hydrogen-bond donors (Lipinski definition) is 0. The molecule has 0 N–H and O–H groups in total. The van der Waals surface area contributed by atoms with Gasteiger partial charge in [0, 0.05) is 12.5 Å². The number of amides is 2. The molecule has 1 aliphatic heterocycles. The van der Waals surface area contributed by atoms with Gasteiger partial charge in [-0.1, -0.05) is 69.6 Å². The van der Waals surface area contributed by atoms with Crippen LogP contribution in [-0.4, -0.2) is 37.5 Å². The second kappa shape index (κ2) is 8.68. The number of methoxy groups -OCH3 is 1. The van der Waals surface area contributed by atoms with Gasteiger partial charge in [0.2, 0.25) is 5.91 Å². The molecule has 0 bridgehead atoms. The topological polar surface area (TPSA) is 46.6 Å². The third-order valence-corrected chi connectivity index (χ3v) is 4.33. The Morgan fingerprint density at radius 1 is 1.17 bits per heavy atom. The zero-order chi connectivity index (χ0) is 17.8. The van der Waals surface area contributed by atoms with Crippen molar-refractivity contribution in [2.75, 3.05) is 7.11 Å². The van der Waals surface area contributed by atoms with Crippen molar-refractivity contribution in [1.29, 1.82) is 0 Å². The zero-order valence-corrected chi connectivity index (χ0v) is 16.7. The van der Waals surface area contributed by atoms with Crippen LogP contribution in [0.5, 0.6) is 0 Å². The first-order valence-corrected chi connectivity index (χ1v) is 8.96. The molecule has 0 spiro atoms. The monoisotopic (exact) mass is 443 g/mol. The second-order valence-electron chi connectivity index (χ2n) is 4.99. The summed E-state index contributed by atoms with van der Waals surface area (Å²) in [7, 11) is 1.41. The number of imide groups is 1. The minimum absolute atomic E-state index is 0.0642. The molecule has 10 heteroatoms. The number of alkyl halides is 6. The average Bonchev–Trinajstić information content (AvgIpc) is 2.70. The Bertz CT molecular complexity index is 483. The average molecular weight is 446 g/mol. The fraction of sp³-hybridized carbons (Fsp3) is 0.692. The number of halogens is 6. The number of carbonyl (C=O) groups is 2. The molecule has 0 aromatic carbocycles. The van der Waals surface area contributed by atoms with E-state index in [1.54, 1.807) is 0 Å². The maximum Gasteiger partial charge on any atom is 0.257 e. The lowest BCUT2D eigenvalue weighted by molar-refractivity contribution is -0.143. The van der Waals surface area contributed by atoms with Gasteiger partial charge in [-0.2, -0.15) is 0 Å². The van der Waals surface area contributed by atoms with Gasteiger partial charge < -0.3 is 4.74 Å². The molecule has 0 radical (unpaired) electrons. The van der Waals surface area contributed by atoms with Gasteiger partial charge >= 0.3 is 0 Å². The van der Waals surface area contributed by atoms with Crippen molar-refractivity contribution in [2.45, 2.75) is 45.7 Å². The van der Waals surface area contributed by atoms with E-state index < -0.39 is 19.5 Å². The van der Waals surface area contributed by atoms with Gasteiger partial charge in [0.15, 0.2) is 7.59 Å². The quantitative estimate of drug-likeness (QED) is 0.544. The van der Waals surface area contributed by atoms with E-state index in [0.717, 1.165) is 4.90 Å². The minimum atomic E-state index is -1.48. The molecule has 1 atom stereocenters. The van der Waals surface area contributed by atoms with Crippen molar-refractivity contribution in [3.63, 3.8) is 0 Å². The van der Waals surface area contributed by atoms with E-state index in [2.05, 4.69) is 0 Å². The van der Waals surface area contributed by atoms with E-state index in [9.17, 15) is 9.59 Å². The standard InChI is InChI=1S/C13H15Cl6NO3/c1-23-9-7-11(22)20(8(9)4-6-13(17,18)19)10(21)3-2-5-12(14,15)16/h7-8H,2-6H2,1H3/t8-/m0/s1. The summed E-state index contributed by atoms with van der Waals surface area (Å²) in [4.78, 5) is 25.5. The van der Waals surface area contributed by atoms with Gasteiger partial charge in [0.25, 0.3) is 5.91 Å². The lowest BCUT2D eigenvalue weighted by Gasteiger charge is -2.26. The summed E-state index contributed by atoms with van der Waals surface area (Å²) in [5, 5.41) is 0. The lowest BCUT2D eigenvalue weighted by atomic mass is 10.1. The van der Waals surface area contributed by atoms with E-state index in [-0.39, 0.29) is 31.6 Å². The predicted molar refractivity (Wildman–Crippen MR) is 94.4 cm³/mol. The van der Waals surface area contributed by atoms with E-state index in [1.165, 1.54) is 13.2 Å². The summed E-state index contributed by atoms with van der Waals surface area (Å²) in [5.41, 5.74) is 0. The van der Waals surface area contributed by atoms with Crippen molar-refractivity contribution < 1.29 is 14.3 Å². The lowest BCUT2D eigenvalue weighted by Crippen LogP contribution is -2.41. The molecular weight excluding hydrogens is 431 g/mol. The number of nitrogens with zero attached hydrogens (tertiary/aromatic N) is 1. The Hall–Kier alpha value is 0.420. The third-order valence-electron chi connectivity index (χ3n) is 3.20. The fourth-order valence-corrected chi connectivity index (χ4v) is 2.92. The molecule has 1 heterocycles. The van der Waals surface area contributed by atoms with E-state index >= 15 is 0 Å². The van der Waals surface area contributed by atoms with Crippen molar-refractivity contribution in [2.24, 2.45) is 0 Å². The number of carbonyl (C=O) groups excluding carboxylic acids is 2. The van der Waals surface area contributed by atoms with Crippen LogP contribution in [0.1, 0.15) is 32.1 Å². The minimum Gasteiger partial charge on any atom is -0.499 e. The number of ether oxygens (including phenoxy) is 1. The molecular formula is C13H15Cl6NO3. The molecule has 23 heavy (non-hydrogen) atoms. The summed E-state index contributed by atoms with van der Waals surface area (Å²) in [6.45, 7) is 0. The van der Waals surface area contributed by atoms with Crippen LogP contribution in [-0.2, 0) is 14.3 Å². The first kappa shape index (κ1) is 21.5. The Balaban J connectivity index is 2.73. The molecule has 1 rings (SSSR count). The molecule has 0 aromatic heterocycles. The van der Waals surface area contributed by atoms with Gasteiger partial charge in [-0.15, -0.1) is 0 Å². The molecule has 0 aromatic rings. The zero-order valence-electron chi connectivity index (χ0n) is 12.1. The molecule has 0 fully saturated rings. The summed E-state index contributed by atoms with van der Waals surface area (Å²) < 4.78 is 2.24. The Kier molecular flexibility index (Phi) is 8.10. The molecule has 132 valence electrons. The molecule has 0 aliphatic carbocycles. The predicted octanol–water partition coefficient (Wildman–Crippen LogP) is 4.95. The molecule has 1 aliphatic rings. The van der Waals surface area contributed by atoms with Gasteiger partial charge in [-0.05, 0) is 25.7 Å². The highest BCUT2D eigenvalue weighted by atomic mass is 35.6. The van der Waals surface area contributed by atoms with Crippen molar-refractivity contribution in [3.05, 3.63) is 11.8 Å². The van der Waals surface area contributed by atoms with Crippen LogP contribution >= 0.6 is 69.6 Å². The van der Waals surface area contributed by atoms with Crippen LogP contribution in [0.2, 0.25) is 0 Å². The van der Waals surface area contributed by atoms with Crippen LogP contribution in [0.25, 0.3) is 0 Å². The highest BCUT2D eigenvalue weighted by Gasteiger charge is 2.39. The first-order chi connectivity index (χ1) is 10.4. The Morgan fingerprint density at radius 2 is 1.74 bits per heavy atom. The van der Waals surface area contributed by atoms with Crippen LogP contribution in [0.4, 0.5) is 0 Å². The van der Waals surface area contributed by atoms with E-state index in [0.29, 0.717) is 12.2 Å².